The van der Waals surface area contributed by atoms with Gasteiger partial charge in [-0.3, -0.25) is 4.57 Å². The Morgan fingerprint density at radius 2 is 1.97 bits per heavy atom. The summed E-state index contributed by atoms with van der Waals surface area (Å²) in [6.07, 6.45) is 0.503. The van der Waals surface area contributed by atoms with Crippen LogP contribution in [0.3, 0.4) is 0 Å². The number of esters is 1. The number of thiazole rings is 1. The largest absolute Gasteiger partial charge is 0.487 e. The van der Waals surface area contributed by atoms with Crippen molar-refractivity contribution in [1.29, 1.82) is 0 Å². The van der Waals surface area contributed by atoms with Crippen LogP contribution < -0.4 is 10.5 Å². The van der Waals surface area contributed by atoms with Crippen molar-refractivity contribution in [2.75, 3.05) is 6.61 Å². The van der Waals surface area contributed by atoms with Crippen LogP contribution >= 0.6 is 11.3 Å². The molecule has 154 valence electrons. The highest BCUT2D eigenvalue weighted by Crippen LogP contribution is 2.16. The molecule has 0 saturated carbocycles. The van der Waals surface area contributed by atoms with Crippen LogP contribution in [-0.4, -0.2) is 22.1 Å². The Kier molecular flexibility index (Phi) is 5.94. The normalized spacial score (nSPS) is 11.0. The molecule has 0 aliphatic carbocycles. The Balaban J connectivity index is 1.25. The SMILES string of the molecule is Cc1nc(COc2ccc(C(=O)OCCCn3c(=O)oc4ccccc43)cc2)cs1. The van der Waals surface area contributed by atoms with Crippen molar-refractivity contribution in [3.8, 4) is 5.75 Å². The number of ether oxygens (including phenoxy) is 2. The molecular formula is C22H20N2O5S. The summed E-state index contributed by atoms with van der Waals surface area (Å²) >= 11 is 1.58. The number of fused-ring (bicyclic) bond motifs is 1. The second-order valence-electron chi connectivity index (χ2n) is 6.65. The van der Waals surface area contributed by atoms with Crippen LogP contribution in [-0.2, 0) is 17.9 Å². The molecule has 0 radical (unpaired) electrons. The molecule has 2 aromatic carbocycles. The summed E-state index contributed by atoms with van der Waals surface area (Å²) in [7, 11) is 0. The average Bonchev–Trinajstić information content (AvgIpc) is 3.32. The van der Waals surface area contributed by atoms with Gasteiger partial charge in [0.1, 0.15) is 12.4 Å². The second kappa shape index (κ2) is 8.96. The number of oxazole rings is 1. The Morgan fingerprint density at radius 3 is 2.73 bits per heavy atom. The maximum atomic E-state index is 12.2. The summed E-state index contributed by atoms with van der Waals surface area (Å²) in [6.45, 7) is 2.94. The van der Waals surface area contributed by atoms with Gasteiger partial charge in [0, 0.05) is 11.9 Å². The van der Waals surface area contributed by atoms with Gasteiger partial charge in [0.15, 0.2) is 5.58 Å². The molecule has 0 spiro atoms. The lowest BCUT2D eigenvalue weighted by Gasteiger charge is -2.07. The molecule has 4 rings (SSSR count). The maximum absolute atomic E-state index is 12.2. The van der Waals surface area contributed by atoms with Gasteiger partial charge >= 0.3 is 11.7 Å². The number of aromatic nitrogens is 2. The zero-order valence-corrected chi connectivity index (χ0v) is 17.2. The first-order chi connectivity index (χ1) is 14.6. The molecule has 2 heterocycles. The number of para-hydroxylation sites is 2. The first-order valence-electron chi connectivity index (χ1n) is 9.49. The predicted molar refractivity (Wildman–Crippen MR) is 113 cm³/mol. The smallest absolute Gasteiger partial charge is 0.419 e. The van der Waals surface area contributed by atoms with E-state index in [1.807, 2.05) is 30.5 Å². The van der Waals surface area contributed by atoms with Crippen molar-refractivity contribution in [2.24, 2.45) is 0 Å². The lowest BCUT2D eigenvalue weighted by Crippen LogP contribution is -2.16. The first-order valence-corrected chi connectivity index (χ1v) is 10.4. The van der Waals surface area contributed by atoms with Crippen molar-refractivity contribution in [1.82, 2.24) is 9.55 Å². The van der Waals surface area contributed by atoms with Crippen LogP contribution in [0.15, 0.2) is 63.1 Å². The molecule has 0 fully saturated rings. The lowest BCUT2D eigenvalue weighted by atomic mass is 10.2. The van der Waals surface area contributed by atoms with Crippen LogP contribution in [0.1, 0.15) is 27.5 Å². The van der Waals surface area contributed by atoms with E-state index in [-0.39, 0.29) is 6.61 Å². The van der Waals surface area contributed by atoms with Gasteiger partial charge in [-0.05, 0) is 49.7 Å². The standard InChI is InChI=1S/C22H20N2O5S/c1-15-23-17(14-30-15)13-28-18-9-7-16(8-10-18)21(25)27-12-4-11-24-19-5-2-3-6-20(19)29-22(24)26/h2-3,5-10,14H,4,11-13H2,1H3. The van der Waals surface area contributed by atoms with Crippen LogP contribution in [0.25, 0.3) is 11.1 Å². The first kappa shape index (κ1) is 19.9. The topological polar surface area (TPSA) is 83.6 Å². The number of hydrogen-bond acceptors (Lipinski definition) is 7. The third-order valence-electron chi connectivity index (χ3n) is 4.48. The summed E-state index contributed by atoms with van der Waals surface area (Å²) in [5.41, 5.74) is 2.60. The Morgan fingerprint density at radius 1 is 1.17 bits per heavy atom. The lowest BCUT2D eigenvalue weighted by molar-refractivity contribution is 0.0496. The number of hydrogen-bond donors (Lipinski definition) is 0. The number of benzene rings is 2. The number of carbonyl (C=O) groups is 1. The highest BCUT2D eigenvalue weighted by Gasteiger charge is 2.10. The van der Waals surface area contributed by atoms with E-state index in [0.29, 0.717) is 36.5 Å². The molecule has 2 aromatic heterocycles. The van der Waals surface area contributed by atoms with Crippen LogP contribution in [0.4, 0.5) is 0 Å². The van der Waals surface area contributed by atoms with Crippen molar-refractivity contribution >= 4 is 28.4 Å². The molecule has 0 unspecified atom stereocenters. The fourth-order valence-electron chi connectivity index (χ4n) is 3.02. The second-order valence-corrected chi connectivity index (χ2v) is 7.71. The molecule has 8 heteroatoms. The van der Waals surface area contributed by atoms with Gasteiger partial charge in [0.2, 0.25) is 0 Å². The maximum Gasteiger partial charge on any atom is 0.419 e. The van der Waals surface area contributed by atoms with Crippen LogP contribution in [0.5, 0.6) is 5.75 Å². The Bertz CT molecular complexity index is 1210. The van der Waals surface area contributed by atoms with Gasteiger partial charge in [-0.1, -0.05) is 12.1 Å². The highest BCUT2D eigenvalue weighted by atomic mass is 32.1. The fourth-order valence-corrected chi connectivity index (χ4v) is 3.61. The van der Waals surface area contributed by atoms with Gasteiger partial charge in [-0.2, -0.15) is 0 Å². The monoisotopic (exact) mass is 424 g/mol. The molecule has 7 nitrogen and oxygen atoms in total. The van der Waals surface area contributed by atoms with Gasteiger partial charge < -0.3 is 13.9 Å². The number of carbonyl (C=O) groups excluding carboxylic acids is 1. The van der Waals surface area contributed by atoms with Gasteiger partial charge in [-0.25, -0.2) is 14.6 Å². The van der Waals surface area contributed by atoms with Crippen molar-refractivity contribution < 1.29 is 18.7 Å². The fraction of sp³-hybridized carbons (Fsp3) is 0.227. The van der Waals surface area contributed by atoms with E-state index in [1.165, 1.54) is 0 Å². The van der Waals surface area contributed by atoms with Crippen molar-refractivity contribution in [3.05, 3.63) is 80.7 Å². The molecule has 4 aromatic rings. The Hall–Kier alpha value is -3.39. The minimum atomic E-state index is -0.416. The van der Waals surface area contributed by atoms with Gasteiger partial charge in [0.25, 0.3) is 0 Å². The molecule has 0 bridgehead atoms. The molecule has 0 N–H and O–H groups in total. The number of rotatable bonds is 8. The molecule has 0 amide bonds. The van der Waals surface area contributed by atoms with Gasteiger partial charge in [-0.15, -0.1) is 11.3 Å². The van der Waals surface area contributed by atoms with E-state index >= 15 is 0 Å². The zero-order valence-electron chi connectivity index (χ0n) is 16.4. The van der Waals surface area contributed by atoms with E-state index in [0.717, 1.165) is 16.2 Å². The summed E-state index contributed by atoms with van der Waals surface area (Å²) in [4.78, 5) is 28.5. The third-order valence-corrected chi connectivity index (χ3v) is 5.30. The predicted octanol–water partition coefficient (Wildman–Crippen LogP) is 4.19. The third kappa shape index (κ3) is 4.60. The molecule has 0 aliphatic heterocycles. The quantitative estimate of drug-likeness (QED) is 0.312. The zero-order chi connectivity index (χ0) is 20.9. The van der Waals surface area contributed by atoms with Crippen LogP contribution in [0.2, 0.25) is 0 Å². The summed E-state index contributed by atoms with van der Waals surface area (Å²) in [5.74, 6) is -0.171. The van der Waals surface area contributed by atoms with E-state index in [4.69, 9.17) is 13.9 Å². The van der Waals surface area contributed by atoms with E-state index < -0.39 is 11.7 Å². The summed E-state index contributed by atoms with van der Waals surface area (Å²) < 4.78 is 17.7. The average molecular weight is 424 g/mol. The molecule has 0 saturated heterocycles. The minimum absolute atomic E-state index is 0.201. The number of nitrogens with zero attached hydrogens (tertiary/aromatic N) is 2. The van der Waals surface area contributed by atoms with Gasteiger partial charge in [0.05, 0.1) is 28.4 Å². The van der Waals surface area contributed by atoms with E-state index in [9.17, 15) is 9.59 Å². The molecule has 30 heavy (non-hydrogen) atoms. The van der Waals surface area contributed by atoms with E-state index in [1.54, 1.807) is 46.2 Å². The molecule has 0 atom stereocenters. The minimum Gasteiger partial charge on any atom is -0.487 e. The van der Waals surface area contributed by atoms with Crippen LogP contribution in [0, 0.1) is 6.92 Å². The summed E-state index contributed by atoms with van der Waals surface area (Å²) in [5, 5.41) is 2.96. The Labute approximate surface area is 176 Å². The van der Waals surface area contributed by atoms with Crippen molar-refractivity contribution in [3.63, 3.8) is 0 Å². The molecule has 0 aliphatic rings. The summed E-state index contributed by atoms with van der Waals surface area (Å²) in [6, 6.07) is 14.0. The van der Waals surface area contributed by atoms with E-state index in [2.05, 4.69) is 4.98 Å². The molecular weight excluding hydrogens is 404 g/mol. The van der Waals surface area contributed by atoms with Crippen molar-refractivity contribution in [2.45, 2.75) is 26.5 Å². The number of aryl methyl sites for hydroxylation is 2. The highest BCUT2D eigenvalue weighted by molar-refractivity contribution is 7.09.